The zero-order valence-electron chi connectivity index (χ0n) is 10.5. The van der Waals surface area contributed by atoms with Gasteiger partial charge in [-0.3, -0.25) is 0 Å². The molecule has 0 saturated heterocycles. The molecule has 2 aromatic carbocycles. The van der Waals surface area contributed by atoms with Gasteiger partial charge in [0.25, 0.3) is 0 Å². The number of hydrogen-bond acceptors (Lipinski definition) is 1. The smallest absolute Gasteiger partial charge is 0.137 e. The Kier molecular flexibility index (Phi) is 5.13. The van der Waals surface area contributed by atoms with Gasteiger partial charge in [0.15, 0.2) is 0 Å². The molecule has 0 aliphatic rings. The van der Waals surface area contributed by atoms with Crippen molar-refractivity contribution in [3.63, 3.8) is 0 Å². The van der Waals surface area contributed by atoms with Gasteiger partial charge in [0.2, 0.25) is 0 Å². The van der Waals surface area contributed by atoms with E-state index in [4.69, 9.17) is 0 Å². The Morgan fingerprint density at radius 3 is 2.26 bits per heavy atom. The Balaban J connectivity index is 2.38. The zero-order valence-corrected chi connectivity index (χ0v) is 13.6. The number of halogens is 3. The Morgan fingerprint density at radius 1 is 1.05 bits per heavy atom. The van der Waals surface area contributed by atoms with Crippen molar-refractivity contribution in [3.8, 4) is 0 Å². The summed E-state index contributed by atoms with van der Waals surface area (Å²) in [7, 11) is 0. The van der Waals surface area contributed by atoms with E-state index < -0.39 is 0 Å². The Hall–Kier alpha value is -0.710. The number of rotatable bonds is 4. The highest BCUT2D eigenvalue weighted by atomic mass is 79.9. The average Bonchev–Trinajstić information content (AvgIpc) is 2.41. The molecule has 0 aliphatic heterocycles. The third-order valence-corrected chi connectivity index (χ3v) is 4.06. The van der Waals surface area contributed by atoms with Crippen molar-refractivity contribution in [1.29, 1.82) is 0 Å². The third-order valence-electron chi connectivity index (χ3n) is 2.89. The van der Waals surface area contributed by atoms with Crippen molar-refractivity contribution in [2.45, 2.75) is 13.0 Å². The second-order valence-corrected chi connectivity index (χ2v) is 5.99. The molecule has 100 valence electrons. The van der Waals surface area contributed by atoms with Crippen LogP contribution in [-0.4, -0.2) is 6.54 Å². The van der Waals surface area contributed by atoms with Crippen molar-refractivity contribution in [1.82, 2.24) is 5.32 Å². The molecule has 0 heterocycles. The number of hydrogen-bond donors (Lipinski definition) is 1. The van der Waals surface area contributed by atoms with Gasteiger partial charge in [-0.05, 0) is 57.9 Å². The summed E-state index contributed by atoms with van der Waals surface area (Å²) in [6.07, 6.45) is 0. The Morgan fingerprint density at radius 2 is 1.68 bits per heavy atom. The quantitative estimate of drug-likeness (QED) is 0.775. The molecule has 0 radical (unpaired) electrons. The monoisotopic (exact) mass is 385 g/mol. The maximum absolute atomic E-state index is 13.7. The van der Waals surface area contributed by atoms with E-state index in [0.717, 1.165) is 22.1 Å². The summed E-state index contributed by atoms with van der Waals surface area (Å²) >= 11 is 6.61. The van der Waals surface area contributed by atoms with E-state index in [2.05, 4.69) is 37.2 Å². The molecule has 1 unspecified atom stereocenters. The molecule has 19 heavy (non-hydrogen) atoms. The predicted octanol–water partition coefficient (Wildman–Crippen LogP) is 5.05. The van der Waals surface area contributed by atoms with Gasteiger partial charge in [0.1, 0.15) is 5.82 Å². The van der Waals surface area contributed by atoms with Crippen LogP contribution in [0.15, 0.2) is 51.4 Å². The van der Waals surface area contributed by atoms with E-state index in [1.807, 2.05) is 37.3 Å². The van der Waals surface area contributed by atoms with Crippen molar-refractivity contribution < 1.29 is 4.39 Å². The molecule has 1 atom stereocenters. The summed E-state index contributed by atoms with van der Waals surface area (Å²) in [5.74, 6) is -0.238. The molecule has 0 aromatic heterocycles. The molecule has 0 bridgehead atoms. The first-order chi connectivity index (χ1) is 9.11. The Labute approximate surface area is 129 Å². The SMILES string of the molecule is CCNC(c1ccc(Br)cc1)c1ccc(Br)c(F)c1. The lowest BCUT2D eigenvalue weighted by Crippen LogP contribution is -2.22. The number of nitrogens with one attached hydrogen (secondary N) is 1. The fourth-order valence-corrected chi connectivity index (χ4v) is 2.49. The number of benzene rings is 2. The summed E-state index contributed by atoms with van der Waals surface area (Å²) in [5, 5.41) is 3.38. The van der Waals surface area contributed by atoms with E-state index in [0.29, 0.717) is 4.47 Å². The van der Waals surface area contributed by atoms with Crippen LogP contribution in [0.2, 0.25) is 0 Å². The molecule has 0 amide bonds. The van der Waals surface area contributed by atoms with E-state index >= 15 is 0 Å². The van der Waals surface area contributed by atoms with Gasteiger partial charge in [-0.1, -0.05) is 41.1 Å². The summed E-state index contributed by atoms with van der Waals surface area (Å²) in [4.78, 5) is 0. The summed E-state index contributed by atoms with van der Waals surface area (Å²) < 4.78 is 15.2. The lowest BCUT2D eigenvalue weighted by Gasteiger charge is -2.19. The van der Waals surface area contributed by atoms with Crippen LogP contribution in [0.4, 0.5) is 4.39 Å². The van der Waals surface area contributed by atoms with E-state index in [9.17, 15) is 4.39 Å². The van der Waals surface area contributed by atoms with Crippen LogP contribution in [0.1, 0.15) is 24.1 Å². The van der Waals surface area contributed by atoms with Gasteiger partial charge in [-0.25, -0.2) is 4.39 Å². The van der Waals surface area contributed by atoms with Gasteiger partial charge in [0.05, 0.1) is 10.5 Å². The highest BCUT2D eigenvalue weighted by Crippen LogP contribution is 2.26. The van der Waals surface area contributed by atoms with Crippen molar-refractivity contribution in [2.75, 3.05) is 6.54 Å². The van der Waals surface area contributed by atoms with Crippen LogP contribution < -0.4 is 5.32 Å². The van der Waals surface area contributed by atoms with E-state index in [1.54, 1.807) is 12.1 Å². The lowest BCUT2D eigenvalue weighted by molar-refractivity contribution is 0.599. The highest BCUT2D eigenvalue weighted by Gasteiger charge is 2.14. The van der Waals surface area contributed by atoms with Gasteiger partial charge >= 0.3 is 0 Å². The lowest BCUT2D eigenvalue weighted by atomic mass is 9.98. The minimum absolute atomic E-state index is 0.000648. The molecule has 0 aliphatic carbocycles. The molecular formula is C15H14Br2FN. The molecule has 2 rings (SSSR count). The average molecular weight is 387 g/mol. The third kappa shape index (κ3) is 3.65. The van der Waals surface area contributed by atoms with Crippen molar-refractivity contribution in [3.05, 3.63) is 68.4 Å². The largest absolute Gasteiger partial charge is 0.307 e. The van der Waals surface area contributed by atoms with E-state index in [1.165, 1.54) is 0 Å². The van der Waals surface area contributed by atoms with Gasteiger partial charge < -0.3 is 5.32 Å². The molecule has 4 heteroatoms. The van der Waals surface area contributed by atoms with Gasteiger partial charge in [0, 0.05) is 4.47 Å². The summed E-state index contributed by atoms with van der Waals surface area (Å²) in [6, 6.07) is 13.3. The first-order valence-electron chi connectivity index (χ1n) is 6.05. The molecule has 0 spiro atoms. The van der Waals surface area contributed by atoms with Crippen LogP contribution in [0.5, 0.6) is 0 Å². The second kappa shape index (κ2) is 6.64. The van der Waals surface area contributed by atoms with E-state index in [-0.39, 0.29) is 11.9 Å². The summed E-state index contributed by atoms with van der Waals surface area (Å²) in [6.45, 7) is 2.86. The molecule has 0 fully saturated rings. The van der Waals surface area contributed by atoms with Crippen LogP contribution >= 0.6 is 31.9 Å². The first-order valence-corrected chi connectivity index (χ1v) is 7.64. The molecular weight excluding hydrogens is 373 g/mol. The van der Waals surface area contributed by atoms with Gasteiger partial charge in [-0.15, -0.1) is 0 Å². The minimum Gasteiger partial charge on any atom is -0.307 e. The maximum atomic E-state index is 13.7. The van der Waals surface area contributed by atoms with Crippen LogP contribution in [0.3, 0.4) is 0 Å². The van der Waals surface area contributed by atoms with Crippen molar-refractivity contribution in [2.24, 2.45) is 0 Å². The Bertz CT molecular complexity index is 555. The van der Waals surface area contributed by atoms with Crippen LogP contribution in [0.25, 0.3) is 0 Å². The van der Waals surface area contributed by atoms with Gasteiger partial charge in [-0.2, -0.15) is 0 Å². The molecule has 1 nitrogen and oxygen atoms in total. The maximum Gasteiger partial charge on any atom is 0.137 e. The standard InChI is InChI=1S/C15H14Br2FN/c1-2-19-15(10-3-6-12(16)7-4-10)11-5-8-13(17)14(18)9-11/h3-9,15,19H,2H2,1H3. The fourth-order valence-electron chi connectivity index (χ4n) is 1.98. The second-order valence-electron chi connectivity index (χ2n) is 4.22. The summed E-state index contributed by atoms with van der Waals surface area (Å²) in [5.41, 5.74) is 2.04. The molecule has 0 saturated carbocycles. The fraction of sp³-hybridized carbons (Fsp3) is 0.200. The minimum atomic E-state index is -0.238. The molecule has 2 aromatic rings. The first kappa shape index (κ1) is 14.7. The molecule has 1 N–H and O–H groups in total. The normalized spacial score (nSPS) is 12.4. The van der Waals surface area contributed by atoms with Crippen molar-refractivity contribution >= 4 is 31.9 Å². The predicted molar refractivity (Wildman–Crippen MR) is 83.8 cm³/mol. The topological polar surface area (TPSA) is 12.0 Å². The zero-order chi connectivity index (χ0) is 13.8. The highest BCUT2D eigenvalue weighted by molar-refractivity contribution is 9.10. The van der Waals surface area contributed by atoms with Crippen LogP contribution in [0, 0.1) is 5.82 Å². The van der Waals surface area contributed by atoms with Crippen LogP contribution in [-0.2, 0) is 0 Å².